The Balaban J connectivity index is 2.10. The fraction of sp³-hybridized carbons (Fsp3) is 0.158. The zero-order chi connectivity index (χ0) is 21.3. The molecule has 1 aromatic carbocycles. The molecule has 0 unspecified atom stereocenters. The van der Waals surface area contributed by atoms with Crippen LogP contribution in [0.25, 0.3) is 16.6 Å². The molecule has 29 heavy (non-hydrogen) atoms. The summed E-state index contributed by atoms with van der Waals surface area (Å²) in [7, 11) is -2.73. The third-order valence-corrected chi connectivity index (χ3v) is 5.63. The van der Waals surface area contributed by atoms with Crippen molar-refractivity contribution in [3.8, 4) is 5.69 Å². The molecule has 0 aliphatic rings. The second kappa shape index (κ2) is 7.47. The lowest BCUT2D eigenvalue weighted by molar-refractivity contribution is -0.117. The van der Waals surface area contributed by atoms with E-state index in [1.54, 1.807) is 13.0 Å². The van der Waals surface area contributed by atoms with Gasteiger partial charge in [-0.3, -0.25) is 19.1 Å². The first-order valence-electron chi connectivity index (χ1n) is 8.39. The monoisotopic (exact) mass is 415 g/mol. The van der Waals surface area contributed by atoms with Crippen molar-refractivity contribution in [2.45, 2.75) is 18.7 Å². The summed E-state index contributed by atoms with van der Waals surface area (Å²) in [6.07, 6.45) is 1.51. The summed E-state index contributed by atoms with van der Waals surface area (Å²) in [6.45, 7) is 2.74. The number of hydrogen-bond acceptors (Lipinski definition) is 7. The number of aromatic nitrogens is 2. The Morgan fingerprint density at radius 2 is 1.79 bits per heavy atom. The van der Waals surface area contributed by atoms with Crippen LogP contribution < -0.4 is 10.3 Å². The van der Waals surface area contributed by atoms with Gasteiger partial charge in [-0.2, -0.15) is 0 Å². The van der Waals surface area contributed by atoms with E-state index < -0.39 is 27.5 Å². The summed E-state index contributed by atoms with van der Waals surface area (Å²) < 4.78 is 32.0. The Hall–Kier alpha value is -3.53. The minimum absolute atomic E-state index is 0.115. The molecule has 150 valence electrons. The molecule has 10 heteroatoms. The molecule has 0 aliphatic carbocycles. The number of carbonyl (C=O) groups is 2. The van der Waals surface area contributed by atoms with Crippen molar-refractivity contribution < 1.29 is 22.7 Å². The highest BCUT2D eigenvalue weighted by Gasteiger charge is 2.17. The second-order valence-electron chi connectivity index (χ2n) is 6.19. The number of nitrogens with zero attached hydrogens (tertiary/aromatic N) is 2. The fourth-order valence-electron chi connectivity index (χ4n) is 2.82. The van der Waals surface area contributed by atoms with Crippen molar-refractivity contribution in [2.75, 3.05) is 7.11 Å². The van der Waals surface area contributed by atoms with Crippen LogP contribution >= 0.6 is 0 Å². The van der Waals surface area contributed by atoms with Crippen molar-refractivity contribution >= 4 is 32.8 Å². The number of carbonyl (C=O) groups excluding carboxylic acids is 2. The molecule has 3 rings (SSSR count). The van der Waals surface area contributed by atoms with Gasteiger partial charge in [0.25, 0.3) is 15.6 Å². The molecular formula is C19H17N3O6S. The van der Waals surface area contributed by atoms with Crippen LogP contribution in [0, 0.1) is 6.92 Å². The molecule has 0 radical (unpaired) electrons. The molecule has 9 nitrogen and oxygen atoms in total. The smallest absolute Gasteiger partial charge is 0.339 e. The van der Waals surface area contributed by atoms with E-state index in [0.29, 0.717) is 16.9 Å². The third kappa shape index (κ3) is 3.87. The molecular weight excluding hydrogens is 398 g/mol. The zero-order valence-corrected chi connectivity index (χ0v) is 16.6. The van der Waals surface area contributed by atoms with Gasteiger partial charge in [-0.25, -0.2) is 17.9 Å². The van der Waals surface area contributed by atoms with Crippen molar-refractivity contribution in [1.82, 2.24) is 14.3 Å². The Morgan fingerprint density at radius 3 is 2.38 bits per heavy atom. The van der Waals surface area contributed by atoms with Gasteiger partial charge >= 0.3 is 5.97 Å². The number of benzene rings is 1. The van der Waals surface area contributed by atoms with Gasteiger partial charge in [0.15, 0.2) is 0 Å². The van der Waals surface area contributed by atoms with E-state index in [-0.39, 0.29) is 15.8 Å². The number of rotatable bonds is 4. The SMILES string of the molecule is COC(=O)c1cc2c(=O)n(-c3ccc(S(=O)(=O)NC(C)=O)cc3)ccc2nc1C. The molecule has 1 N–H and O–H groups in total. The summed E-state index contributed by atoms with van der Waals surface area (Å²) in [5.74, 6) is -1.30. The average molecular weight is 415 g/mol. The molecule has 0 bridgehead atoms. The topological polar surface area (TPSA) is 124 Å². The van der Waals surface area contributed by atoms with Crippen molar-refractivity contribution in [3.05, 3.63) is 64.2 Å². The number of methoxy groups -OCH3 is 1. The Labute approximate surface area is 166 Å². The highest BCUT2D eigenvalue weighted by Crippen LogP contribution is 2.17. The zero-order valence-electron chi connectivity index (χ0n) is 15.8. The van der Waals surface area contributed by atoms with Crippen molar-refractivity contribution in [2.24, 2.45) is 0 Å². The Kier molecular flexibility index (Phi) is 5.21. The second-order valence-corrected chi connectivity index (χ2v) is 7.87. The molecule has 0 saturated carbocycles. The number of pyridine rings is 2. The Morgan fingerprint density at radius 1 is 1.14 bits per heavy atom. The van der Waals surface area contributed by atoms with Crippen LogP contribution in [0.5, 0.6) is 0 Å². The van der Waals surface area contributed by atoms with Gasteiger partial charge in [-0.1, -0.05) is 0 Å². The summed E-state index contributed by atoms with van der Waals surface area (Å²) in [5, 5.41) is 0.216. The van der Waals surface area contributed by atoms with Crippen LogP contribution in [0.3, 0.4) is 0 Å². The number of sulfonamides is 1. The predicted octanol–water partition coefficient (Wildman–Crippen LogP) is 1.31. The van der Waals surface area contributed by atoms with Crippen molar-refractivity contribution in [1.29, 1.82) is 0 Å². The number of ether oxygens (including phenoxy) is 1. The van der Waals surface area contributed by atoms with Crippen LogP contribution in [0.4, 0.5) is 0 Å². The largest absolute Gasteiger partial charge is 0.465 e. The van der Waals surface area contributed by atoms with Crippen LogP contribution in [-0.2, 0) is 19.6 Å². The number of hydrogen-bond donors (Lipinski definition) is 1. The maximum Gasteiger partial charge on any atom is 0.339 e. The highest BCUT2D eigenvalue weighted by atomic mass is 32.2. The fourth-order valence-corrected chi connectivity index (χ4v) is 3.81. The summed E-state index contributed by atoms with van der Waals surface area (Å²) in [4.78, 5) is 40.0. The maximum absolute atomic E-state index is 12.9. The predicted molar refractivity (Wildman–Crippen MR) is 104 cm³/mol. The molecule has 0 aliphatic heterocycles. The number of amides is 1. The van der Waals surface area contributed by atoms with Crippen LogP contribution in [0.2, 0.25) is 0 Å². The minimum Gasteiger partial charge on any atom is -0.465 e. The average Bonchev–Trinajstić information content (AvgIpc) is 2.66. The van der Waals surface area contributed by atoms with Gasteiger partial charge in [0, 0.05) is 18.8 Å². The van der Waals surface area contributed by atoms with Gasteiger partial charge in [0.1, 0.15) is 0 Å². The maximum atomic E-state index is 12.9. The summed E-state index contributed by atoms with van der Waals surface area (Å²) in [6, 6.07) is 8.48. The highest BCUT2D eigenvalue weighted by molar-refractivity contribution is 7.90. The van der Waals surface area contributed by atoms with E-state index in [2.05, 4.69) is 4.98 Å². The van der Waals surface area contributed by atoms with Crippen molar-refractivity contribution in [3.63, 3.8) is 0 Å². The Bertz CT molecular complexity index is 1290. The quantitative estimate of drug-likeness (QED) is 0.637. The van der Waals surface area contributed by atoms with Crippen LogP contribution in [0.1, 0.15) is 23.0 Å². The normalized spacial score (nSPS) is 11.3. The number of esters is 1. The van der Waals surface area contributed by atoms with E-state index in [9.17, 15) is 22.8 Å². The molecule has 2 heterocycles. The number of aryl methyl sites for hydroxylation is 1. The minimum atomic E-state index is -3.97. The molecule has 2 aromatic heterocycles. The van der Waals surface area contributed by atoms with Gasteiger partial charge in [0.2, 0.25) is 5.91 Å². The molecule has 1 amide bonds. The molecule has 0 saturated heterocycles. The summed E-state index contributed by atoms with van der Waals surface area (Å²) in [5.41, 5.74) is 1.01. The lowest BCUT2D eigenvalue weighted by Crippen LogP contribution is -2.28. The number of nitrogens with one attached hydrogen (secondary N) is 1. The molecule has 3 aromatic rings. The first-order chi connectivity index (χ1) is 13.6. The van der Waals surface area contributed by atoms with Gasteiger partial charge < -0.3 is 4.74 Å². The standard InChI is InChI=1S/C19H17N3O6S/c1-11-15(19(25)28-3)10-16-17(20-11)8-9-22(18(16)24)13-4-6-14(7-5-13)29(26,27)21-12(2)23/h4-10H,1-3H3,(H,21,23). The van der Waals surface area contributed by atoms with Crippen LogP contribution in [-0.4, -0.2) is 37.0 Å². The first kappa shape index (κ1) is 20.2. The van der Waals surface area contributed by atoms with E-state index in [4.69, 9.17) is 4.74 Å². The molecule has 0 fully saturated rings. The van der Waals surface area contributed by atoms with Gasteiger partial charge in [-0.05, 0) is 43.3 Å². The lowest BCUT2D eigenvalue weighted by Gasteiger charge is -2.10. The van der Waals surface area contributed by atoms with Gasteiger partial charge in [0.05, 0.1) is 34.2 Å². The third-order valence-electron chi connectivity index (χ3n) is 4.18. The molecule has 0 atom stereocenters. The number of fused-ring (bicyclic) bond motifs is 1. The molecule has 0 spiro atoms. The van der Waals surface area contributed by atoms with E-state index in [0.717, 1.165) is 6.92 Å². The van der Waals surface area contributed by atoms with Gasteiger partial charge in [-0.15, -0.1) is 0 Å². The van der Waals surface area contributed by atoms with E-state index in [1.807, 2.05) is 4.72 Å². The van der Waals surface area contributed by atoms with Crippen LogP contribution in [0.15, 0.2) is 52.3 Å². The van der Waals surface area contributed by atoms with E-state index in [1.165, 1.54) is 48.2 Å². The summed E-state index contributed by atoms with van der Waals surface area (Å²) >= 11 is 0. The first-order valence-corrected chi connectivity index (χ1v) is 9.87. The lowest BCUT2D eigenvalue weighted by atomic mass is 10.1. The van der Waals surface area contributed by atoms with E-state index >= 15 is 0 Å².